The molecule has 0 bridgehead atoms. The number of benzene rings is 2. The average molecular weight is 316 g/mol. The van der Waals surface area contributed by atoms with Crippen LogP contribution in [0.2, 0.25) is 5.02 Å². The summed E-state index contributed by atoms with van der Waals surface area (Å²) in [6.07, 6.45) is 1.21. The zero-order valence-corrected chi connectivity index (χ0v) is 14.1. The smallest absolute Gasteiger partial charge is 0.220 e. The quantitative estimate of drug-likeness (QED) is 0.846. The lowest BCUT2D eigenvalue weighted by Crippen LogP contribution is -2.27. The summed E-state index contributed by atoms with van der Waals surface area (Å²) < 4.78 is 0. The fourth-order valence-corrected chi connectivity index (χ4v) is 2.65. The van der Waals surface area contributed by atoms with Crippen molar-refractivity contribution in [2.45, 2.75) is 39.7 Å². The molecule has 0 aromatic heterocycles. The van der Waals surface area contributed by atoms with Crippen LogP contribution in [0, 0.1) is 13.8 Å². The van der Waals surface area contributed by atoms with Gasteiger partial charge in [-0.25, -0.2) is 0 Å². The van der Waals surface area contributed by atoms with Gasteiger partial charge >= 0.3 is 0 Å². The molecule has 0 spiro atoms. The molecule has 1 N–H and O–H groups in total. The van der Waals surface area contributed by atoms with Gasteiger partial charge in [-0.3, -0.25) is 4.79 Å². The van der Waals surface area contributed by atoms with Gasteiger partial charge < -0.3 is 5.32 Å². The minimum absolute atomic E-state index is 0.0256. The number of halogens is 1. The molecule has 2 rings (SSSR count). The zero-order valence-electron chi connectivity index (χ0n) is 13.3. The number of hydrogen-bond donors (Lipinski definition) is 1. The lowest BCUT2D eigenvalue weighted by molar-refractivity contribution is -0.121. The second-order valence-corrected chi connectivity index (χ2v) is 6.21. The lowest BCUT2D eigenvalue weighted by atomic mass is 10.00. The molecule has 0 aliphatic heterocycles. The number of nitrogens with one attached hydrogen (secondary N) is 1. The highest BCUT2D eigenvalue weighted by molar-refractivity contribution is 6.30. The van der Waals surface area contributed by atoms with E-state index in [1.165, 1.54) is 16.7 Å². The van der Waals surface area contributed by atoms with E-state index in [4.69, 9.17) is 11.6 Å². The maximum atomic E-state index is 12.1. The van der Waals surface area contributed by atoms with Gasteiger partial charge in [-0.15, -0.1) is 0 Å². The van der Waals surface area contributed by atoms with Gasteiger partial charge in [0.2, 0.25) is 5.91 Å². The standard InChI is InChI=1S/C19H22ClNO/c1-13-4-5-14(2)18(12-13)15(3)21-19(22)11-8-16-6-9-17(20)10-7-16/h4-7,9-10,12,15H,8,11H2,1-3H3,(H,21,22)/t15-/m0/s1. The number of amides is 1. The first kappa shape index (κ1) is 16.6. The first-order chi connectivity index (χ1) is 10.5. The molecule has 0 unspecified atom stereocenters. The molecule has 0 fully saturated rings. The highest BCUT2D eigenvalue weighted by Gasteiger charge is 2.12. The summed E-state index contributed by atoms with van der Waals surface area (Å²) in [6, 6.07) is 14.0. The van der Waals surface area contributed by atoms with Gasteiger partial charge in [0, 0.05) is 11.4 Å². The molecule has 1 atom stereocenters. The Morgan fingerprint density at radius 2 is 1.82 bits per heavy atom. The number of hydrogen-bond acceptors (Lipinski definition) is 1. The molecule has 22 heavy (non-hydrogen) atoms. The number of aryl methyl sites for hydroxylation is 3. The van der Waals surface area contributed by atoms with Crippen LogP contribution in [0.5, 0.6) is 0 Å². The summed E-state index contributed by atoms with van der Waals surface area (Å²) in [5.41, 5.74) is 4.72. The minimum atomic E-state index is 0.0256. The van der Waals surface area contributed by atoms with E-state index in [0.29, 0.717) is 6.42 Å². The normalized spacial score (nSPS) is 12.0. The Bertz CT molecular complexity index is 649. The number of rotatable bonds is 5. The second-order valence-electron chi connectivity index (χ2n) is 5.78. The van der Waals surface area contributed by atoms with E-state index in [1.54, 1.807) is 0 Å². The minimum Gasteiger partial charge on any atom is -0.350 e. The largest absolute Gasteiger partial charge is 0.350 e. The first-order valence-corrected chi connectivity index (χ1v) is 7.94. The van der Waals surface area contributed by atoms with Crippen molar-refractivity contribution < 1.29 is 4.79 Å². The SMILES string of the molecule is Cc1ccc(C)c([C@H](C)NC(=O)CCc2ccc(Cl)cc2)c1. The number of carbonyl (C=O) groups is 1. The van der Waals surface area contributed by atoms with Gasteiger partial charge in [0.25, 0.3) is 0 Å². The Kier molecular flexibility index (Phi) is 5.62. The van der Waals surface area contributed by atoms with Crippen molar-refractivity contribution in [3.63, 3.8) is 0 Å². The monoisotopic (exact) mass is 315 g/mol. The third-order valence-corrected chi connectivity index (χ3v) is 4.08. The van der Waals surface area contributed by atoms with E-state index in [1.807, 2.05) is 31.2 Å². The fraction of sp³-hybridized carbons (Fsp3) is 0.316. The van der Waals surface area contributed by atoms with Crippen LogP contribution >= 0.6 is 11.6 Å². The molecule has 0 saturated heterocycles. The summed E-state index contributed by atoms with van der Waals surface area (Å²) >= 11 is 5.86. The van der Waals surface area contributed by atoms with E-state index in [9.17, 15) is 4.79 Å². The Morgan fingerprint density at radius 1 is 1.14 bits per heavy atom. The summed E-state index contributed by atoms with van der Waals surface area (Å²) in [5, 5.41) is 3.80. The van der Waals surface area contributed by atoms with E-state index in [2.05, 4.69) is 37.4 Å². The second kappa shape index (κ2) is 7.46. The Morgan fingerprint density at radius 3 is 2.50 bits per heavy atom. The van der Waals surface area contributed by atoms with Crippen molar-refractivity contribution >= 4 is 17.5 Å². The van der Waals surface area contributed by atoms with Crippen molar-refractivity contribution in [3.8, 4) is 0 Å². The molecular weight excluding hydrogens is 294 g/mol. The van der Waals surface area contributed by atoms with Crippen LogP contribution in [0.15, 0.2) is 42.5 Å². The highest BCUT2D eigenvalue weighted by Crippen LogP contribution is 2.19. The van der Waals surface area contributed by atoms with Crippen molar-refractivity contribution in [1.29, 1.82) is 0 Å². The van der Waals surface area contributed by atoms with Crippen molar-refractivity contribution in [2.24, 2.45) is 0 Å². The molecule has 0 radical (unpaired) electrons. The molecule has 0 saturated carbocycles. The molecule has 2 aromatic carbocycles. The van der Waals surface area contributed by atoms with Gasteiger partial charge in [-0.05, 0) is 56.0 Å². The topological polar surface area (TPSA) is 29.1 Å². The summed E-state index contributed by atoms with van der Waals surface area (Å²) in [5.74, 6) is 0.0726. The Balaban J connectivity index is 1.91. The van der Waals surface area contributed by atoms with Crippen molar-refractivity contribution in [1.82, 2.24) is 5.32 Å². The molecule has 0 aliphatic carbocycles. The van der Waals surface area contributed by atoms with Gasteiger partial charge in [-0.1, -0.05) is 47.5 Å². The highest BCUT2D eigenvalue weighted by atomic mass is 35.5. The van der Waals surface area contributed by atoms with Crippen molar-refractivity contribution in [3.05, 3.63) is 69.7 Å². The average Bonchev–Trinajstić information content (AvgIpc) is 2.49. The fourth-order valence-electron chi connectivity index (χ4n) is 2.53. The van der Waals surface area contributed by atoms with Crippen LogP contribution < -0.4 is 5.32 Å². The third kappa shape index (κ3) is 4.60. The van der Waals surface area contributed by atoms with E-state index in [-0.39, 0.29) is 11.9 Å². The molecule has 3 heteroatoms. The van der Waals surface area contributed by atoms with Crippen LogP contribution in [-0.4, -0.2) is 5.91 Å². The predicted molar refractivity (Wildman–Crippen MR) is 92.2 cm³/mol. The van der Waals surface area contributed by atoms with Crippen LogP contribution in [0.3, 0.4) is 0 Å². The predicted octanol–water partition coefficient (Wildman–Crippen LogP) is 4.77. The maximum absolute atomic E-state index is 12.1. The summed E-state index contributed by atoms with van der Waals surface area (Å²) in [7, 11) is 0. The zero-order chi connectivity index (χ0) is 16.1. The van der Waals surface area contributed by atoms with Crippen LogP contribution in [0.1, 0.15) is 41.6 Å². The summed E-state index contributed by atoms with van der Waals surface area (Å²) in [4.78, 5) is 12.1. The molecule has 2 nitrogen and oxygen atoms in total. The molecule has 0 aliphatic rings. The lowest BCUT2D eigenvalue weighted by Gasteiger charge is -2.17. The van der Waals surface area contributed by atoms with Crippen molar-refractivity contribution in [2.75, 3.05) is 0 Å². The van der Waals surface area contributed by atoms with E-state index in [0.717, 1.165) is 17.0 Å². The van der Waals surface area contributed by atoms with Crippen LogP contribution in [0.4, 0.5) is 0 Å². The van der Waals surface area contributed by atoms with E-state index >= 15 is 0 Å². The first-order valence-electron chi connectivity index (χ1n) is 7.56. The summed E-state index contributed by atoms with van der Waals surface area (Å²) in [6.45, 7) is 6.17. The Hall–Kier alpha value is -1.80. The van der Waals surface area contributed by atoms with Gasteiger partial charge in [-0.2, -0.15) is 0 Å². The number of carbonyl (C=O) groups excluding carboxylic acids is 1. The third-order valence-electron chi connectivity index (χ3n) is 3.83. The van der Waals surface area contributed by atoms with Gasteiger partial charge in [0.15, 0.2) is 0 Å². The maximum Gasteiger partial charge on any atom is 0.220 e. The molecule has 116 valence electrons. The van der Waals surface area contributed by atoms with Crippen LogP contribution in [-0.2, 0) is 11.2 Å². The molecule has 2 aromatic rings. The van der Waals surface area contributed by atoms with Gasteiger partial charge in [0.1, 0.15) is 0 Å². The van der Waals surface area contributed by atoms with E-state index < -0.39 is 0 Å². The van der Waals surface area contributed by atoms with Crippen LogP contribution in [0.25, 0.3) is 0 Å². The van der Waals surface area contributed by atoms with Gasteiger partial charge in [0.05, 0.1) is 6.04 Å². The molecule has 1 amide bonds. The Labute approximate surface area is 137 Å². The molecular formula is C19H22ClNO. The molecule has 0 heterocycles.